The first kappa shape index (κ1) is 24.1. The third-order valence-electron chi connectivity index (χ3n) is 7.29. The van der Waals surface area contributed by atoms with Crippen LogP contribution < -0.4 is 5.56 Å². The lowest BCUT2D eigenvalue weighted by atomic mass is 10.0. The molecule has 5 rings (SSSR count). The molecule has 188 valence electrons. The number of hydrogen-bond acceptors (Lipinski definition) is 7. The Kier molecular flexibility index (Phi) is 7.27. The van der Waals surface area contributed by atoms with Crippen LogP contribution in [0.25, 0.3) is 10.9 Å². The average molecular weight is 481 g/mol. The smallest absolute Gasteiger partial charge is 0.252 e. The van der Waals surface area contributed by atoms with Gasteiger partial charge in [0.15, 0.2) is 5.82 Å². The number of nitrogens with zero attached hydrogens (tertiary/aromatic N) is 5. The molecule has 0 saturated carbocycles. The molecule has 3 aromatic rings. The van der Waals surface area contributed by atoms with Crippen LogP contribution in [-0.2, 0) is 22.6 Å². The van der Waals surface area contributed by atoms with Gasteiger partial charge < -0.3 is 14.5 Å². The van der Waals surface area contributed by atoms with Crippen LogP contribution in [0.15, 0.2) is 23.0 Å². The number of hydrogen-bond donors (Lipinski definition) is 1. The van der Waals surface area contributed by atoms with Gasteiger partial charge in [0.2, 0.25) is 0 Å². The van der Waals surface area contributed by atoms with Crippen molar-refractivity contribution in [3.63, 3.8) is 0 Å². The molecular weight excluding hydrogens is 444 g/mol. The molecule has 0 radical (unpaired) electrons. The Bertz CT molecular complexity index is 1210. The summed E-state index contributed by atoms with van der Waals surface area (Å²) in [5, 5.41) is 13.8. The van der Waals surface area contributed by atoms with Gasteiger partial charge in [-0.2, -0.15) is 0 Å². The second kappa shape index (κ2) is 10.6. The van der Waals surface area contributed by atoms with Gasteiger partial charge in [-0.15, -0.1) is 5.10 Å². The topological polar surface area (TPSA) is 98.2 Å². The molecule has 0 spiro atoms. The summed E-state index contributed by atoms with van der Waals surface area (Å²) in [4.78, 5) is 18.6. The van der Waals surface area contributed by atoms with Gasteiger partial charge >= 0.3 is 0 Å². The highest BCUT2D eigenvalue weighted by atomic mass is 16.5. The summed E-state index contributed by atoms with van der Waals surface area (Å²) < 4.78 is 13.7. The molecule has 2 aliphatic rings. The quantitative estimate of drug-likeness (QED) is 0.501. The highest BCUT2D eigenvalue weighted by molar-refractivity contribution is 5.82. The molecule has 35 heavy (non-hydrogen) atoms. The Labute approximate surface area is 205 Å². The van der Waals surface area contributed by atoms with Crippen LogP contribution >= 0.6 is 0 Å². The van der Waals surface area contributed by atoms with E-state index in [9.17, 15) is 4.79 Å². The van der Waals surface area contributed by atoms with Gasteiger partial charge in [0.1, 0.15) is 0 Å². The summed E-state index contributed by atoms with van der Waals surface area (Å²) in [6.45, 7) is 9.75. The molecule has 2 aliphatic heterocycles. The van der Waals surface area contributed by atoms with E-state index < -0.39 is 0 Å². The number of aromatic nitrogens is 5. The molecule has 0 unspecified atom stereocenters. The third kappa shape index (κ3) is 5.32. The Morgan fingerprint density at radius 2 is 1.91 bits per heavy atom. The Morgan fingerprint density at radius 1 is 1.14 bits per heavy atom. The van der Waals surface area contributed by atoms with E-state index in [1.165, 1.54) is 5.56 Å². The summed E-state index contributed by atoms with van der Waals surface area (Å²) in [5.74, 6) is 0.824. The van der Waals surface area contributed by atoms with Gasteiger partial charge in [-0.3, -0.25) is 9.69 Å². The average Bonchev–Trinajstić information content (AvgIpc) is 3.60. The Morgan fingerprint density at radius 3 is 2.63 bits per heavy atom. The molecule has 1 N–H and O–H groups in total. The van der Waals surface area contributed by atoms with Crippen molar-refractivity contribution in [1.29, 1.82) is 0 Å². The van der Waals surface area contributed by atoms with Crippen LogP contribution in [0, 0.1) is 13.8 Å². The molecule has 9 nitrogen and oxygen atoms in total. The van der Waals surface area contributed by atoms with E-state index >= 15 is 0 Å². The number of H-pyrrole nitrogens is 1. The number of nitrogens with one attached hydrogen (secondary N) is 1. The first-order valence-electron chi connectivity index (χ1n) is 12.9. The van der Waals surface area contributed by atoms with E-state index in [0.717, 1.165) is 79.7 Å². The zero-order chi connectivity index (χ0) is 24.4. The van der Waals surface area contributed by atoms with Crippen LogP contribution in [0.4, 0.5) is 0 Å². The third-order valence-corrected chi connectivity index (χ3v) is 7.29. The van der Waals surface area contributed by atoms with Gasteiger partial charge in [-0.05, 0) is 79.5 Å². The molecule has 0 amide bonds. The largest absolute Gasteiger partial charge is 0.377 e. The predicted octanol–water partition coefficient (Wildman–Crippen LogP) is 3.44. The molecule has 9 heteroatoms. The summed E-state index contributed by atoms with van der Waals surface area (Å²) in [6, 6.07) is 6.23. The van der Waals surface area contributed by atoms with E-state index in [2.05, 4.69) is 51.4 Å². The molecule has 0 aliphatic carbocycles. The van der Waals surface area contributed by atoms with Gasteiger partial charge in [-0.1, -0.05) is 18.6 Å². The van der Waals surface area contributed by atoms with Crippen LogP contribution in [0.2, 0.25) is 0 Å². The Hall–Kier alpha value is -2.62. The highest BCUT2D eigenvalue weighted by Gasteiger charge is 2.30. The van der Waals surface area contributed by atoms with Crippen molar-refractivity contribution in [2.24, 2.45) is 0 Å². The zero-order valence-electron chi connectivity index (χ0n) is 21.0. The maximum absolute atomic E-state index is 13.2. The van der Waals surface area contributed by atoms with Crippen molar-refractivity contribution in [1.82, 2.24) is 30.1 Å². The van der Waals surface area contributed by atoms with E-state index in [1.54, 1.807) is 0 Å². The molecule has 3 atom stereocenters. The zero-order valence-corrected chi connectivity index (χ0v) is 21.0. The lowest BCUT2D eigenvalue weighted by Crippen LogP contribution is -2.38. The standard InChI is InChI=1S/C26H36N6O3/c1-4-23(25-28-29-30-32(25)16-22-8-6-10-35-22)31(15-21-7-5-9-34-21)14-20-13-19-12-17(2)11-18(3)24(19)27-26(20)33/h11-13,21-23H,4-10,14-16H2,1-3H3,(H,27,33)/t21-,22-,23-/m1/s1. The lowest BCUT2D eigenvalue weighted by molar-refractivity contribution is 0.0470. The second-order valence-electron chi connectivity index (χ2n) is 10.0. The normalized spacial score (nSPS) is 21.4. The number of benzene rings is 1. The van der Waals surface area contributed by atoms with Crippen LogP contribution in [0.1, 0.15) is 67.6 Å². The molecule has 1 aromatic carbocycles. The van der Waals surface area contributed by atoms with Gasteiger partial charge in [-0.25, -0.2) is 4.68 Å². The van der Waals surface area contributed by atoms with E-state index in [1.807, 2.05) is 17.7 Å². The predicted molar refractivity (Wildman–Crippen MR) is 133 cm³/mol. The van der Waals surface area contributed by atoms with Gasteiger partial charge in [0.25, 0.3) is 5.56 Å². The van der Waals surface area contributed by atoms with E-state index in [-0.39, 0.29) is 23.8 Å². The minimum absolute atomic E-state index is 0.0371. The molecule has 0 bridgehead atoms. The van der Waals surface area contributed by atoms with Crippen LogP contribution in [0.5, 0.6) is 0 Å². The second-order valence-corrected chi connectivity index (χ2v) is 10.0. The van der Waals surface area contributed by atoms with Crippen LogP contribution in [-0.4, -0.2) is 62.1 Å². The van der Waals surface area contributed by atoms with Gasteiger partial charge in [0, 0.05) is 31.9 Å². The monoisotopic (exact) mass is 480 g/mol. The van der Waals surface area contributed by atoms with E-state index in [0.29, 0.717) is 13.1 Å². The van der Waals surface area contributed by atoms with Crippen molar-refractivity contribution >= 4 is 10.9 Å². The molecular formula is C26H36N6O3. The van der Waals surface area contributed by atoms with Crippen molar-refractivity contribution in [2.45, 2.75) is 84.2 Å². The number of tetrazole rings is 1. The fourth-order valence-electron chi connectivity index (χ4n) is 5.59. The number of pyridine rings is 1. The molecule has 4 heterocycles. The summed E-state index contributed by atoms with van der Waals surface area (Å²) in [6.07, 6.45) is 5.32. The van der Waals surface area contributed by atoms with Crippen molar-refractivity contribution in [3.8, 4) is 0 Å². The fraction of sp³-hybridized carbons (Fsp3) is 0.615. The number of fused-ring (bicyclic) bond motifs is 1. The number of ether oxygens (including phenoxy) is 2. The first-order chi connectivity index (χ1) is 17.0. The summed E-state index contributed by atoms with van der Waals surface area (Å²) >= 11 is 0. The minimum atomic E-state index is -0.0457. The number of rotatable bonds is 9. The number of aryl methyl sites for hydroxylation is 2. The van der Waals surface area contributed by atoms with Crippen LogP contribution in [0.3, 0.4) is 0 Å². The molecule has 2 fully saturated rings. The Balaban J connectivity index is 1.47. The maximum Gasteiger partial charge on any atom is 0.252 e. The minimum Gasteiger partial charge on any atom is -0.377 e. The van der Waals surface area contributed by atoms with Crippen molar-refractivity contribution in [3.05, 3.63) is 51.1 Å². The summed E-state index contributed by atoms with van der Waals surface area (Å²) in [5.41, 5.74) is 3.87. The lowest BCUT2D eigenvalue weighted by Gasteiger charge is -2.32. The summed E-state index contributed by atoms with van der Waals surface area (Å²) in [7, 11) is 0. The van der Waals surface area contributed by atoms with E-state index in [4.69, 9.17) is 9.47 Å². The number of aromatic amines is 1. The SMILES string of the molecule is CC[C@H](c1nnnn1C[C@H]1CCCO1)N(Cc1cc2cc(C)cc(C)c2[nH]c1=O)C[C@H]1CCCO1. The highest BCUT2D eigenvalue weighted by Crippen LogP contribution is 2.28. The van der Waals surface area contributed by atoms with Gasteiger partial charge in [0.05, 0.1) is 30.3 Å². The maximum atomic E-state index is 13.2. The van der Waals surface area contributed by atoms with Crippen molar-refractivity contribution < 1.29 is 9.47 Å². The fourth-order valence-corrected chi connectivity index (χ4v) is 5.59. The molecule has 2 saturated heterocycles. The first-order valence-corrected chi connectivity index (χ1v) is 12.9. The molecule has 2 aromatic heterocycles. The van der Waals surface area contributed by atoms with Crippen molar-refractivity contribution in [2.75, 3.05) is 19.8 Å².